The normalized spacial score (nSPS) is 11.6. The Morgan fingerprint density at radius 1 is 1.04 bits per heavy atom. The van der Waals surface area contributed by atoms with Crippen LogP contribution in [0.4, 0.5) is 4.79 Å². The lowest BCUT2D eigenvalue weighted by molar-refractivity contribution is 0.0540. The molecule has 3 rings (SSSR count). The molecule has 1 aromatic heterocycles. The van der Waals surface area contributed by atoms with Crippen molar-refractivity contribution < 1.29 is 14.6 Å². The predicted octanol–water partition coefficient (Wildman–Crippen LogP) is 4.92. The van der Waals surface area contributed by atoms with Crippen molar-refractivity contribution in [2.75, 3.05) is 0 Å². The minimum atomic E-state index is -0.568. The summed E-state index contributed by atoms with van der Waals surface area (Å²) < 4.78 is 7.19. The second-order valence-electron chi connectivity index (χ2n) is 7.18. The quantitative estimate of drug-likeness (QED) is 0.738. The van der Waals surface area contributed by atoms with Gasteiger partial charge in [0, 0.05) is 11.1 Å². The molecule has 0 unspecified atom stereocenters. The van der Waals surface area contributed by atoms with Gasteiger partial charge in [-0.05, 0) is 63.4 Å². The SMILES string of the molecule is CC(C)(C)OC(=O)n1c(CCc2ccccc2)cc2cc(O)ccc21. The van der Waals surface area contributed by atoms with Crippen LogP contribution in [-0.4, -0.2) is 21.4 Å². The van der Waals surface area contributed by atoms with Crippen molar-refractivity contribution in [3.8, 4) is 5.75 Å². The first kappa shape index (κ1) is 17.1. The van der Waals surface area contributed by atoms with Gasteiger partial charge in [0.1, 0.15) is 11.4 Å². The number of nitrogens with zero attached hydrogens (tertiary/aromatic N) is 1. The van der Waals surface area contributed by atoms with Crippen molar-refractivity contribution >= 4 is 17.0 Å². The molecule has 0 aliphatic rings. The molecule has 0 spiro atoms. The van der Waals surface area contributed by atoms with Crippen molar-refractivity contribution in [2.45, 2.75) is 39.2 Å². The summed E-state index contributed by atoms with van der Waals surface area (Å²) in [5, 5.41) is 10.6. The lowest BCUT2D eigenvalue weighted by Crippen LogP contribution is -2.28. The number of aryl methyl sites for hydroxylation is 2. The molecule has 3 aromatic rings. The third-order valence-electron chi connectivity index (χ3n) is 3.95. The van der Waals surface area contributed by atoms with Crippen molar-refractivity contribution in [3.63, 3.8) is 0 Å². The predicted molar refractivity (Wildman–Crippen MR) is 99.1 cm³/mol. The molecule has 4 nitrogen and oxygen atoms in total. The van der Waals surface area contributed by atoms with Crippen LogP contribution in [0.15, 0.2) is 54.6 Å². The van der Waals surface area contributed by atoms with Crippen LogP contribution in [0.1, 0.15) is 32.0 Å². The third-order valence-corrected chi connectivity index (χ3v) is 3.95. The number of ether oxygens (including phenoxy) is 1. The Morgan fingerprint density at radius 2 is 1.76 bits per heavy atom. The van der Waals surface area contributed by atoms with Crippen LogP contribution in [0.25, 0.3) is 10.9 Å². The summed E-state index contributed by atoms with van der Waals surface area (Å²) in [5.74, 6) is 0.184. The highest BCUT2D eigenvalue weighted by Crippen LogP contribution is 2.26. The summed E-state index contributed by atoms with van der Waals surface area (Å²) in [6.07, 6.45) is 1.14. The van der Waals surface area contributed by atoms with Crippen LogP contribution in [-0.2, 0) is 17.6 Å². The van der Waals surface area contributed by atoms with Crippen molar-refractivity contribution in [1.82, 2.24) is 4.57 Å². The summed E-state index contributed by atoms with van der Waals surface area (Å²) in [6.45, 7) is 5.56. The number of aromatic nitrogens is 1. The van der Waals surface area contributed by atoms with Gasteiger partial charge in [0.05, 0.1) is 5.52 Å². The highest BCUT2D eigenvalue weighted by Gasteiger charge is 2.22. The van der Waals surface area contributed by atoms with E-state index < -0.39 is 11.7 Å². The van der Waals surface area contributed by atoms with Gasteiger partial charge in [-0.2, -0.15) is 0 Å². The molecule has 0 amide bonds. The summed E-state index contributed by atoms with van der Waals surface area (Å²) >= 11 is 0. The lowest BCUT2D eigenvalue weighted by atomic mass is 10.1. The Bertz CT molecular complexity index is 889. The van der Waals surface area contributed by atoms with E-state index in [1.54, 1.807) is 22.8 Å². The zero-order chi connectivity index (χ0) is 18.0. The van der Waals surface area contributed by atoms with Gasteiger partial charge in [0.15, 0.2) is 0 Å². The first-order valence-corrected chi connectivity index (χ1v) is 8.44. The van der Waals surface area contributed by atoms with Gasteiger partial charge >= 0.3 is 6.09 Å². The van der Waals surface area contributed by atoms with E-state index in [1.807, 2.05) is 45.0 Å². The third kappa shape index (κ3) is 4.02. The van der Waals surface area contributed by atoms with Gasteiger partial charge in [0.25, 0.3) is 0 Å². The summed E-state index contributed by atoms with van der Waals surface area (Å²) in [6, 6.07) is 17.1. The molecule has 2 aromatic carbocycles. The monoisotopic (exact) mass is 337 g/mol. The zero-order valence-corrected chi connectivity index (χ0v) is 14.8. The van der Waals surface area contributed by atoms with Crippen LogP contribution in [0, 0.1) is 0 Å². The fourth-order valence-electron chi connectivity index (χ4n) is 2.88. The molecule has 0 radical (unpaired) electrons. The average molecular weight is 337 g/mol. The second kappa shape index (κ2) is 6.63. The van der Waals surface area contributed by atoms with E-state index in [0.29, 0.717) is 6.42 Å². The number of rotatable bonds is 3. The number of hydrogen-bond donors (Lipinski definition) is 1. The largest absolute Gasteiger partial charge is 0.508 e. The highest BCUT2D eigenvalue weighted by atomic mass is 16.6. The van der Waals surface area contributed by atoms with Gasteiger partial charge in [-0.3, -0.25) is 0 Å². The molecule has 0 aliphatic carbocycles. The zero-order valence-electron chi connectivity index (χ0n) is 14.8. The molecule has 25 heavy (non-hydrogen) atoms. The van der Waals surface area contributed by atoms with Crippen LogP contribution >= 0.6 is 0 Å². The fraction of sp³-hybridized carbons (Fsp3) is 0.286. The van der Waals surface area contributed by atoms with E-state index in [-0.39, 0.29) is 5.75 Å². The molecule has 1 N–H and O–H groups in total. The van der Waals surface area contributed by atoms with E-state index >= 15 is 0 Å². The Hall–Kier alpha value is -2.75. The molecule has 1 heterocycles. The molecular weight excluding hydrogens is 314 g/mol. The van der Waals surface area contributed by atoms with Gasteiger partial charge in [0.2, 0.25) is 0 Å². The topological polar surface area (TPSA) is 51.5 Å². The number of fused-ring (bicyclic) bond motifs is 1. The molecular formula is C21H23NO3. The van der Waals surface area contributed by atoms with Gasteiger partial charge in [-0.15, -0.1) is 0 Å². The summed E-state index contributed by atoms with van der Waals surface area (Å²) in [7, 11) is 0. The molecule has 130 valence electrons. The van der Waals surface area contributed by atoms with E-state index in [1.165, 1.54) is 5.56 Å². The van der Waals surface area contributed by atoms with Crippen molar-refractivity contribution in [3.05, 3.63) is 65.9 Å². The van der Waals surface area contributed by atoms with E-state index in [9.17, 15) is 9.90 Å². The first-order valence-electron chi connectivity index (χ1n) is 8.44. The molecule has 0 saturated carbocycles. The van der Waals surface area contributed by atoms with E-state index in [0.717, 1.165) is 23.0 Å². The van der Waals surface area contributed by atoms with Gasteiger partial charge in [-0.1, -0.05) is 30.3 Å². The number of hydrogen-bond acceptors (Lipinski definition) is 3. The molecule has 0 saturated heterocycles. The smallest absolute Gasteiger partial charge is 0.419 e. The van der Waals surface area contributed by atoms with Crippen LogP contribution in [0.2, 0.25) is 0 Å². The van der Waals surface area contributed by atoms with Gasteiger partial charge in [-0.25, -0.2) is 9.36 Å². The van der Waals surface area contributed by atoms with Crippen molar-refractivity contribution in [2.24, 2.45) is 0 Å². The molecule has 0 atom stereocenters. The summed E-state index contributed by atoms with van der Waals surface area (Å²) in [5.41, 5.74) is 2.27. The summed E-state index contributed by atoms with van der Waals surface area (Å²) in [4.78, 5) is 12.7. The second-order valence-corrected chi connectivity index (χ2v) is 7.18. The highest BCUT2D eigenvalue weighted by molar-refractivity contribution is 5.91. The maximum atomic E-state index is 12.7. The Morgan fingerprint density at radius 3 is 2.44 bits per heavy atom. The number of carbonyl (C=O) groups excluding carboxylic acids is 1. The number of phenolic OH excluding ortho intramolecular Hbond substituents is 1. The maximum Gasteiger partial charge on any atom is 0.419 e. The minimum absolute atomic E-state index is 0.184. The maximum absolute atomic E-state index is 12.7. The van der Waals surface area contributed by atoms with Crippen LogP contribution < -0.4 is 0 Å². The molecule has 0 fully saturated rings. The van der Waals surface area contributed by atoms with E-state index in [4.69, 9.17) is 4.74 Å². The number of benzene rings is 2. The Labute approximate surface area is 147 Å². The van der Waals surface area contributed by atoms with Crippen molar-refractivity contribution in [1.29, 1.82) is 0 Å². The molecule has 4 heteroatoms. The average Bonchev–Trinajstić information content (AvgIpc) is 2.89. The van der Waals surface area contributed by atoms with Crippen LogP contribution in [0.3, 0.4) is 0 Å². The number of aromatic hydroxyl groups is 1. The standard InChI is InChI=1S/C21H23NO3/c1-21(2,3)25-20(24)22-17(10-9-15-7-5-4-6-8-15)13-16-14-18(23)11-12-19(16)22/h4-8,11-14,23H,9-10H2,1-3H3. The Kier molecular flexibility index (Phi) is 4.53. The number of carbonyl (C=O) groups is 1. The minimum Gasteiger partial charge on any atom is -0.508 e. The Balaban J connectivity index is 1.98. The van der Waals surface area contributed by atoms with Gasteiger partial charge < -0.3 is 9.84 Å². The fourth-order valence-corrected chi connectivity index (χ4v) is 2.88. The molecule has 0 bridgehead atoms. The lowest BCUT2D eigenvalue weighted by Gasteiger charge is -2.21. The first-order chi connectivity index (χ1) is 11.8. The van der Waals surface area contributed by atoms with E-state index in [2.05, 4.69) is 12.1 Å². The molecule has 0 aliphatic heterocycles. The number of phenols is 1. The van der Waals surface area contributed by atoms with Crippen LogP contribution in [0.5, 0.6) is 5.75 Å².